The number of amides is 1. The van der Waals surface area contributed by atoms with Gasteiger partial charge >= 0.3 is 0 Å². The monoisotopic (exact) mass is 247 g/mol. The highest BCUT2D eigenvalue weighted by Crippen LogP contribution is 2.41. The molecular formula is C15H21NO2. The van der Waals surface area contributed by atoms with Gasteiger partial charge in [-0.3, -0.25) is 4.79 Å². The van der Waals surface area contributed by atoms with E-state index >= 15 is 0 Å². The first kappa shape index (κ1) is 13.1. The fourth-order valence-corrected chi connectivity index (χ4v) is 2.79. The van der Waals surface area contributed by atoms with Gasteiger partial charge in [0.2, 0.25) is 5.91 Å². The molecule has 1 atom stereocenters. The highest BCUT2D eigenvalue weighted by molar-refractivity contribution is 5.88. The van der Waals surface area contributed by atoms with Gasteiger partial charge in [0.15, 0.2) is 0 Å². The van der Waals surface area contributed by atoms with Crippen molar-refractivity contribution in [3.8, 4) is 0 Å². The molecule has 0 aromatic heterocycles. The Balaban J connectivity index is 2.19. The lowest BCUT2D eigenvalue weighted by molar-refractivity contribution is -0.127. The Morgan fingerprint density at radius 1 is 1.33 bits per heavy atom. The molecule has 2 N–H and O–H groups in total. The Morgan fingerprint density at radius 2 is 1.94 bits per heavy atom. The SMILES string of the molecule is C[C@H](O)CNC(=O)C1(c2ccccc2)CCCC1. The van der Waals surface area contributed by atoms with Gasteiger partial charge in [0, 0.05) is 6.54 Å². The maximum Gasteiger partial charge on any atom is 0.230 e. The molecule has 0 unspecified atom stereocenters. The Labute approximate surface area is 108 Å². The zero-order valence-corrected chi connectivity index (χ0v) is 10.9. The number of aliphatic hydroxyl groups excluding tert-OH is 1. The summed E-state index contributed by atoms with van der Waals surface area (Å²) in [6.45, 7) is 2.01. The Bertz CT molecular complexity index is 394. The highest BCUT2D eigenvalue weighted by atomic mass is 16.3. The molecule has 1 aromatic carbocycles. The largest absolute Gasteiger partial charge is 0.392 e. The van der Waals surface area contributed by atoms with E-state index < -0.39 is 6.10 Å². The summed E-state index contributed by atoms with van der Waals surface area (Å²) in [6, 6.07) is 10.0. The molecule has 0 spiro atoms. The van der Waals surface area contributed by atoms with Crippen molar-refractivity contribution < 1.29 is 9.90 Å². The van der Waals surface area contributed by atoms with E-state index in [4.69, 9.17) is 0 Å². The van der Waals surface area contributed by atoms with Gasteiger partial charge in [-0.05, 0) is 25.3 Å². The number of nitrogens with one attached hydrogen (secondary N) is 1. The zero-order chi connectivity index (χ0) is 13.0. The van der Waals surface area contributed by atoms with Crippen molar-refractivity contribution >= 4 is 5.91 Å². The standard InChI is InChI=1S/C15H21NO2/c1-12(17)11-16-14(18)15(9-5-6-10-15)13-7-3-2-4-8-13/h2-4,7-8,12,17H,5-6,9-11H2,1H3,(H,16,18)/t12-/m0/s1. The number of aliphatic hydroxyl groups is 1. The Kier molecular flexibility index (Phi) is 4.02. The van der Waals surface area contributed by atoms with Crippen LogP contribution in [0.3, 0.4) is 0 Å². The molecule has 0 aliphatic heterocycles. The van der Waals surface area contributed by atoms with E-state index in [1.807, 2.05) is 30.3 Å². The summed E-state index contributed by atoms with van der Waals surface area (Å²) in [5.74, 6) is 0.0621. The summed E-state index contributed by atoms with van der Waals surface area (Å²) in [6.07, 6.45) is 3.50. The third-order valence-corrected chi connectivity index (χ3v) is 3.78. The number of rotatable bonds is 4. The summed E-state index contributed by atoms with van der Waals surface area (Å²) in [5, 5.41) is 12.2. The van der Waals surface area contributed by atoms with Crippen LogP contribution in [0.4, 0.5) is 0 Å². The van der Waals surface area contributed by atoms with Crippen molar-refractivity contribution in [1.29, 1.82) is 0 Å². The summed E-state index contributed by atoms with van der Waals surface area (Å²) in [7, 11) is 0. The van der Waals surface area contributed by atoms with Crippen LogP contribution in [0.2, 0.25) is 0 Å². The van der Waals surface area contributed by atoms with Crippen LogP contribution in [0.25, 0.3) is 0 Å². The van der Waals surface area contributed by atoms with E-state index in [0.29, 0.717) is 6.54 Å². The van der Waals surface area contributed by atoms with Crippen molar-refractivity contribution in [3.05, 3.63) is 35.9 Å². The number of benzene rings is 1. The summed E-state index contributed by atoms with van der Waals surface area (Å²) < 4.78 is 0. The fraction of sp³-hybridized carbons (Fsp3) is 0.533. The van der Waals surface area contributed by atoms with Gasteiger partial charge in [0.25, 0.3) is 0 Å². The summed E-state index contributed by atoms with van der Waals surface area (Å²) in [4.78, 5) is 12.4. The molecule has 18 heavy (non-hydrogen) atoms. The molecular weight excluding hydrogens is 226 g/mol. The van der Waals surface area contributed by atoms with E-state index in [-0.39, 0.29) is 11.3 Å². The molecule has 98 valence electrons. The first-order valence-electron chi connectivity index (χ1n) is 6.67. The van der Waals surface area contributed by atoms with E-state index in [9.17, 15) is 9.90 Å². The first-order chi connectivity index (χ1) is 8.65. The van der Waals surface area contributed by atoms with E-state index in [2.05, 4.69) is 5.32 Å². The average molecular weight is 247 g/mol. The topological polar surface area (TPSA) is 49.3 Å². The molecule has 1 fully saturated rings. The maximum absolute atomic E-state index is 12.4. The van der Waals surface area contributed by atoms with Crippen molar-refractivity contribution in [2.75, 3.05) is 6.54 Å². The maximum atomic E-state index is 12.4. The van der Waals surface area contributed by atoms with Gasteiger partial charge in [0.05, 0.1) is 11.5 Å². The predicted octanol–water partition coefficient (Wildman–Crippen LogP) is 2.00. The minimum Gasteiger partial charge on any atom is -0.392 e. The predicted molar refractivity (Wildman–Crippen MR) is 71.3 cm³/mol. The van der Waals surface area contributed by atoms with Crippen LogP contribution in [0.1, 0.15) is 38.2 Å². The van der Waals surface area contributed by atoms with Gasteiger partial charge in [0.1, 0.15) is 0 Å². The second-order valence-electron chi connectivity index (χ2n) is 5.21. The van der Waals surface area contributed by atoms with Gasteiger partial charge in [-0.2, -0.15) is 0 Å². The van der Waals surface area contributed by atoms with Crippen LogP contribution in [-0.4, -0.2) is 23.7 Å². The number of carbonyl (C=O) groups excluding carboxylic acids is 1. The second kappa shape index (κ2) is 5.53. The lowest BCUT2D eigenvalue weighted by atomic mass is 9.78. The quantitative estimate of drug-likeness (QED) is 0.855. The van der Waals surface area contributed by atoms with E-state index in [1.54, 1.807) is 6.92 Å². The minimum absolute atomic E-state index is 0.0621. The second-order valence-corrected chi connectivity index (χ2v) is 5.21. The van der Waals surface area contributed by atoms with E-state index in [1.165, 1.54) is 0 Å². The van der Waals surface area contributed by atoms with Crippen molar-refractivity contribution in [3.63, 3.8) is 0 Å². The fourth-order valence-electron chi connectivity index (χ4n) is 2.79. The first-order valence-corrected chi connectivity index (χ1v) is 6.67. The number of hydrogen-bond donors (Lipinski definition) is 2. The molecule has 0 saturated heterocycles. The molecule has 1 aromatic rings. The molecule has 2 rings (SSSR count). The van der Waals surface area contributed by atoms with Crippen LogP contribution >= 0.6 is 0 Å². The molecule has 0 bridgehead atoms. The molecule has 1 aliphatic carbocycles. The van der Waals surface area contributed by atoms with Crippen LogP contribution in [-0.2, 0) is 10.2 Å². The molecule has 1 aliphatic rings. The molecule has 1 saturated carbocycles. The van der Waals surface area contributed by atoms with Gasteiger partial charge in [-0.15, -0.1) is 0 Å². The van der Waals surface area contributed by atoms with Gasteiger partial charge in [-0.1, -0.05) is 43.2 Å². The lowest BCUT2D eigenvalue weighted by Gasteiger charge is -2.28. The smallest absolute Gasteiger partial charge is 0.230 e. The minimum atomic E-state index is -0.497. The Hall–Kier alpha value is -1.35. The Morgan fingerprint density at radius 3 is 2.50 bits per heavy atom. The third-order valence-electron chi connectivity index (χ3n) is 3.78. The zero-order valence-electron chi connectivity index (χ0n) is 10.9. The lowest BCUT2D eigenvalue weighted by Crippen LogP contribution is -2.44. The van der Waals surface area contributed by atoms with Crippen LogP contribution in [0.5, 0.6) is 0 Å². The van der Waals surface area contributed by atoms with Crippen molar-refractivity contribution in [2.45, 2.75) is 44.1 Å². The van der Waals surface area contributed by atoms with Crippen molar-refractivity contribution in [1.82, 2.24) is 5.32 Å². The molecule has 0 heterocycles. The normalized spacial score (nSPS) is 19.4. The van der Waals surface area contributed by atoms with E-state index in [0.717, 1.165) is 31.2 Å². The van der Waals surface area contributed by atoms with Gasteiger partial charge < -0.3 is 10.4 Å². The third kappa shape index (κ3) is 2.56. The average Bonchev–Trinajstić information content (AvgIpc) is 2.87. The molecule has 1 amide bonds. The molecule has 3 nitrogen and oxygen atoms in total. The number of carbonyl (C=O) groups is 1. The van der Waals surface area contributed by atoms with Crippen LogP contribution in [0, 0.1) is 0 Å². The summed E-state index contributed by atoms with van der Waals surface area (Å²) in [5.41, 5.74) is 0.724. The van der Waals surface area contributed by atoms with Gasteiger partial charge in [-0.25, -0.2) is 0 Å². The number of hydrogen-bond acceptors (Lipinski definition) is 2. The highest BCUT2D eigenvalue weighted by Gasteiger charge is 2.42. The van der Waals surface area contributed by atoms with Crippen molar-refractivity contribution in [2.24, 2.45) is 0 Å². The van der Waals surface area contributed by atoms with Crippen LogP contribution in [0.15, 0.2) is 30.3 Å². The molecule has 3 heteroatoms. The summed E-state index contributed by atoms with van der Waals surface area (Å²) >= 11 is 0. The molecule has 0 radical (unpaired) electrons. The van der Waals surface area contributed by atoms with Crippen LogP contribution < -0.4 is 5.32 Å².